The summed E-state index contributed by atoms with van der Waals surface area (Å²) in [6.07, 6.45) is 5.90. The van der Waals surface area contributed by atoms with Crippen molar-refractivity contribution < 1.29 is 48.7 Å². The van der Waals surface area contributed by atoms with E-state index < -0.39 is 72.7 Å². The highest BCUT2D eigenvalue weighted by Gasteiger charge is 2.44. The van der Waals surface area contributed by atoms with E-state index in [-0.39, 0.29) is 61.1 Å². The molecular weight excluding hydrogens is 833 g/mol. The molecule has 1 aliphatic heterocycles. The predicted molar refractivity (Wildman–Crippen MR) is 251 cm³/mol. The minimum Gasteiger partial charge on any atom is -0.480 e. The Morgan fingerprint density at radius 2 is 1.62 bits per heavy atom. The molecule has 13 atom stereocenters. The van der Waals surface area contributed by atoms with Crippen LogP contribution in [0.5, 0.6) is 0 Å². The van der Waals surface area contributed by atoms with Crippen molar-refractivity contribution in [2.75, 3.05) is 41.5 Å². The quantitative estimate of drug-likeness (QED) is 0.0529. The van der Waals surface area contributed by atoms with Gasteiger partial charge in [0, 0.05) is 65.2 Å². The molecular formula is C49H82N6O10. The Labute approximate surface area is 388 Å². The first-order valence-electron chi connectivity index (χ1n) is 23.5. The molecule has 0 spiro atoms. The second-order valence-electron chi connectivity index (χ2n) is 18.8. The number of aliphatic carboxylic acids is 1. The predicted octanol–water partition coefficient (Wildman–Crippen LogP) is 4.60. The van der Waals surface area contributed by atoms with Crippen LogP contribution in [-0.4, -0.2) is 156 Å². The Bertz CT molecular complexity index is 1670. The number of ether oxygens (including phenoxy) is 3. The molecule has 3 amide bonds. The van der Waals surface area contributed by atoms with Crippen LogP contribution in [0.15, 0.2) is 55.3 Å². The van der Waals surface area contributed by atoms with Gasteiger partial charge in [0.05, 0.1) is 24.9 Å². The van der Waals surface area contributed by atoms with Gasteiger partial charge in [0.25, 0.3) is 0 Å². The van der Waals surface area contributed by atoms with Gasteiger partial charge in [-0.3, -0.25) is 29.5 Å². The molecule has 6 N–H and O–H groups in total. The first kappa shape index (κ1) is 55.3. The smallest absolute Gasteiger partial charge is 0.410 e. The Hall–Kier alpha value is -4.06. The van der Waals surface area contributed by atoms with E-state index in [4.69, 9.17) is 14.2 Å². The van der Waals surface area contributed by atoms with E-state index >= 15 is 0 Å². The lowest BCUT2D eigenvalue weighted by molar-refractivity contribution is -0.146. The zero-order valence-corrected chi connectivity index (χ0v) is 40.9. The molecule has 0 radical (unpaired) electrons. The molecule has 3 rings (SSSR count). The van der Waals surface area contributed by atoms with Crippen molar-refractivity contribution in [1.29, 1.82) is 0 Å². The van der Waals surface area contributed by atoms with Crippen molar-refractivity contribution in [2.24, 2.45) is 29.6 Å². The standard InChI is InChI=1S/C49H82N6O10/c1-13-32(7)43(53(9)47(59)41(30(3)4)52-46(58)42(31(5)6)54(10)49(62)65-29-35-22-24-36(25-23-35)50-14-2)39(63-11)28-40(56)55-26-18-21-38(55)44(64-12)33(8)45(57)51-37(48(60)61)27-34-19-16-15-17-20-34/h14-17,19-20,22,24,30-33,35-45,50-51,56-57H,2,13,18,21,23,25-29H2,1,3-12H3,(H,52,58)(H,60,61)/t32-,33+,35?,36?,37?,38?,39?,40?,41-,42?,43?,44?,45?/m0/s1. The summed E-state index contributed by atoms with van der Waals surface area (Å²) in [6, 6.07) is 5.74. The number of amides is 3. The summed E-state index contributed by atoms with van der Waals surface area (Å²) in [6.45, 7) is 17.7. The summed E-state index contributed by atoms with van der Waals surface area (Å²) >= 11 is 0. The maximum absolute atomic E-state index is 14.6. The lowest BCUT2D eigenvalue weighted by Crippen LogP contribution is -2.60. The number of nitrogens with zero attached hydrogens (tertiary/aromatic N) is 3. The van der Waals surface area contributed by atoms with Gasteiger partial charge in [-0.2, -0.15) is 0 Å². The van der Waals surface area contributed by atoms with Crippen LogP contribution in [0.3, 0.4) is 0 Å². The number of hydrogen-bond acceptors (Lipinski definition) is 12. The normalized spacial score (nSPS) is 22.4. The molecule has 0 bridgehead atoms. The average Bonchev–Trinajstić information content (AvgIpc) is 3.77. The lowest BCUT2D eigenvalue weighted by Gasteiger charge is -2.43. The number of benzene rings is 1. The molecule has 0 aromatic heterocycles. The SMILES string of the molecule is C=CNC1C=CC(COC(=O)N(C)C(C(=O)N[C@H](C(=O)N(C)C(C(CC(O)N2CCCC2C(OC)[C@@H](C)C(O)NC(Cc2ccccc2)C(=O)O)OC)[C@@H](C)CC)C(C)C)C(C)C)CC1. The Balaban J connectivity index is 1.74. The second kappa shape index (κ2) is 26.9. The minimum absolute atomic E-state index is 0.0608. The molecule has 1 aromatic rings. The highest BCUT2D eigenvalue weighted by atomic mass is 16.6. The van der Waals surface area contributed by atoms with Gasteiger partial charge in [0.2, 0.25) is 11.8 Å². The van der Waals surface area contributed by atoms with Gasteiger partial charge in [-0.25, -0.2) is 4.79 Å². The van der Waals surface area contributed by atoms with Crippen LogP contribution >= 0.6 is 0 Å². The van der Waals surface area contributed by atoms with Crippen LogP contribution < -0.4 is 16.0 Å². The van der Waals surface area contributed by atoms with Gasteiger partial charge < -0.3 is 45.1 Å². The molecule has 1 heterocycles. The molecule has 368 valence electrons. The number of rotatable bonds is 27. The van der Waals surface area contributed by atoms with Crippen LogP contribution in [0, 0.1) is 29.6 Å². The number of carbonyl (C=O) groups excluding carboxylic acids is 3. The van der Waals surface area contributed by atoms with Gasteiger partial charge >= 0.3 is 12.1 Å². The number of carboxylic acid groups (broad SMARTS) is 1. The van der Waals surface area contributed by atoms with E-state index in [0.717, 1.165) is 24.8 Å². The first-order valence-corrected chi connectivity index (χ1v) is 23.5. The van der Waals surface area contributed by atoms with Crippen molar-refractivity contribution >= 4 is 23.9 Å². The van der Waals surface area contributed by atoms with Gasteiger partial charge in [0.15, 0.2) is 0 Å². The van der Waals surface area contributed by atoms with E-state index in [1.54, 1.807) is 46.3 Å². The maximum Gasteiger partial charge on any atom is 0.410 e. The second-order valence-corrected chi connectivity index (χ2v) is 18.8. The third-order valence-corrected chi connectivity index (χ3v) is 13.5. The fraction of sp³-hybridized carbons (Fsp3) is 0.714. The van der Waals surface area contributed by atoms with E-state index in [1.165, 1.54) is 4.90 Å². The summed E-state index contributed by atoms with van der Waals surface area (Å²) in [7, 11) is 6.36. The Morgan fingerprint density at radius 3 is 2.15 bits per heavy atom. The highest BCUT2D eigenvalue weighted by molar-refractivity contribution is 5.91. The summed E-state index contributed by atoms with van der Waals surface area (Å²) < 4.78 is 17.8. The van der Waals surface area contributed by atoms with Gasteiger partial charge in [-0.15, -0.1) is 0 Å². The van der Waals surface area contributed by atoms with Gasteiger partial charge in [0.1, 0.15) is 30.6 Å². The number of carbonyl (C=O) groups is 4. The lowest BCUT2D eigenvalue weighted by atomic mass is 9.89. The molecule has 1 aromatic carbocycles. The number of likely N-dealkylation sites (tertiary alicyclic amines) is 1. The maximum atomic E-state index is 14.6. The molecule has 2 aliphatic rings. The number of likely N-dealkylation sites (N-methyl/N-ethyl adjacent to an activating group) is 2. The summed E-state index contributed by atoms with van der Waals surface area (Å²) in [5, 5.41) is 42.4. The van der Waals surface area contributed by atoms with E-state index in [9.17, 15) is 34.5 Å². The zero-order chi connectivity index (χ0) is 48.5. The van der Waals surface area contributed by atoms with Crippen LogP contribution in [0.25, 0.3) is 0 Å². The van der Waals surface area contributed by atoms with Crippen molar-refractivity contribution in [3.05, 3.63) is 60.8 Å². The number of aliphatic hydroxyl groups excluding tert-OH is 2. The van der Waals surface area contributed by atoms with Crippen molar-refractivity contribution in [1.82, 2.24) is 30.7 Å². The first-order chi connectivity index (χ1) is 30.8. The largest absolute Gasteiger partial charge is 0.480 e. The molecule has 16 nitrogen and oxygen atoms in total. The molecule has 16 heteroatoms. The number of carboxylic acids is 1. The fourth-order valence-electron chi connectivity index (χ4n) is 9.57. The number of methoxy groups -OCH3 is 2. The van der Waals surface area contributed by atoms with Crippen molar-refractivity contribution in [3.63, 3.8) is 0 Å². The Kier molecular flexibility index (Phi) is 22.9. The minimum atomic E-state index is -1.22. The topological polar surface area (TPSA) is 202 Å². The van der Waals surface area contributed by atoms with Gasteiger partial charge in [-0.1, -0.05) is 104 Å². The highest BCUT2D eigenvalue weighted by Crippen LogP contribution is 2.32. The van der Waals surface area contributed by atoms with Crippen LogP contribution in [0.4, 0.5) is 4.79 Å². The van der Waals surface area contributed by atoms with Crippen LogP contribution in [0.2, 0.25) is 0 Å². The monoisotopic (exact) mass is 915 g/mol. The zero-order valence-electron chi connectivity index (χ0n) is 40.9. The van der Waals surface area contributed by atoms with Crippen molar-refractivity contribution in [2.45, 2.75) is 154 Å². The summed E-state index contributed by atoms with van der Waals surface area (Å²) in [5.74, 6) is -3.04. The van der Waals surface area contributed by atoms with Crippen molar-refractivity contribution in [3.8, 4) is 0 Å². The summed E-state index contributed by atoms with van der Waals surface area (Å²) in [4.78, 5) is 59.1. The molecule has 1 aliphatic carbocycles. The van der Waals surface area contributed by atoms with E-state index in [1.807, 2.05) is 88.9 Å². The number of aliphatic hydroxyl groups is 2. The molecule has 10 unspecified atom stereocenters. The fourth-order valence-corrected chi connectivity index (χ4v) is 9.57. The molecule has 0 saturated carbocycles. The Morgan fingerprint density at radius 1 is 0.938 bits per heavy atom. The third kappa shape index (κ3) is 15.5. The van der Waals surface area contributed by atoms with E-state index in [2.05, 4.69) is 22.5 Å². The summed E-state index contributed by atoms with van der Waals surface area (Å²) in [5.41, 5.74) is 0.822. The average molecular weight is 915 g/mol. The number of nitrogens with one attached hydrogen (secondary N) is 3. The van der Waals surface area contributed by atoms with E-state index in [0.29, 0.717) is 19.4 Å². The third-order valence-electron chi connectivity index (χ3n) is 13.5. The number of hydrogen-bond donors (Lipinski definition) is 6. The van der Waals surface area contributed by atoms with Crippen LogP contribution in [-0.2, 0) is 35.0 Å². The molecule has 1 saturated heterocycles. The van der Waals surface area contributed by atoms with Gasteiger partial charge in [-0.05, 0) is 61.6 Å². The molecule has 1 fully saturated rings. The molecule has 65 heavy (non-hydrogen) atoms. The van der Waals surface area contributed by atoms with Crippen LogP contribution in [0.1, 0.15) is 92.6 Å².